The van der Waals surface area contributed by atoms with Crippen molar-refractivity contribution >= 4 is 17.5 Å². The highest BCUT2D eigenvalue weighted by atomic mass is 16.2. The van der Waals surface area contributed by atoms with Crippen LogP contribution in [-0.4, -0.2) is 23.4 Å². The van der Waals surface area contributed by atoms with Crippen LogP contribution in [0, 0.1) is 0 Å². The Kier molecular flexibility index (Phi) is 4.42. The van der Waals surface area contributed by atoms with E-state index in [1.807, 2.05) is 12.1 Å². The monoisotopic (exact) mass is 308 g/mol. The number of hydrogen-bond donors (Lipinski definition) is 1. The van der Waals surface area contributed by atoms with Gasteiger partial charge < -0.3 is 5.32 Å². The van der Waals surface area contributed by atoms with Gasteiger partial charge in [-0.05, 0) is 42.7 Å². The summed E-state index contributed by atoms with van der Waals surface area (Å²) >= 11 is 0. The van der Waals surface area contributed by atoms with Crippen molar-refractivity contribution in [3.05, 3.63) is 65.2 Å². The van der Waals surface area contributed by atoms with Crippen LogP contribution < -0.4 is 5.32 Å². The molecule has 0 saturated carbocycles. The molecule has 2 aromatic carbocycles. The number of nitrogens with one attached hydrogen (secondary N) is 1. The average molecular weight is 308 g/mol. The Morgan fingerprint density at radius 3 is 2.09 bits per heavy atom. The summed E-state index contributed by atoms with van der Waals surface area (Å²) in [4.78, 5) is 25.8. The third kappa shape index (κ3) is 3.11. The van der Waals surface area contributed by atoms with E-state index >= 15 is 0 Å². The molecule has 23 heavy (non-hydrogen) atoms. The zero-order valence-electron chi connectivity index (χ0n) is 13.2. The first-order valence-corrected chi connectivity index (χ1v) is 7.98. The van der Waals surface area contributed by atoms with Gasteiger partial charge in [-0.15, -0.1) is 0 Å². The number of hydrogen-bond acceptors (Lipinski definition) is 3. The Balaban J connectivity index is 1.63. The number of carbonyl (C=O) groups excluding carboxylic acids is 2. The highest BCUT2D eigenvalue weighted by Gasteiger charge is 2.34. The van der Waals surface area contributed by atoms with Crippen molar-refractivity contribution in [2.75, 3.05) is 12.0 Å². The predicted molar refractivity (Wildman–Crippen MR) is 90.5 cm³/mol. The second kappa shape index (κ2) is 6.65. The maximum absolute atomic E-state index is 12.3. The van der Waals surface area contributed by atoms with Crippen LogP contribution in [0.15, 0.2) is 48.5 Å². The zero-order chi connectivity index (χ0) is 16.2. The Morgan fingerprint density at radius 1 is 0.913 bits per heavy atom. The van der Waals surface area contributed by atoms with Gasteiger partial charge in [0.1, 0.15) is 0 Å². The quantitative estimate of drug-likeness (QED) is 0.828. The number of rotatable bonds is 6. The number of carbonyl (C=O) groups is 2. The molecule has 3 rings (SSSR count). The van der Waals surface area contributed by atoms with E-state index in [0.29, 0.717) is 11.1 Å². The van der Waals surface area contributed by atoms with Crippen molar-refractivity contribution < 1.29 is 9.59 Å². The van der Waals surface area contributed by atoms with E-state index in [1.165, 1.54) is 23.3 Å². The highest BCUT2D eigenvalue weighted by molar-refractivity contribution is 6.21. The molecule has 2 aromatic rings. The molecule has 1 aliphatic rings. The molecule has 0 unspecified atom stereocenters. The summed E-state index contributed by atoms with van der Waals surface area (Å²) in [5.41, 5.74) is 3.17. The summed E-state index contributed by atoms with van der Waals surface area (Å²) in [5, 5.41) is 3.15. The summed E-state index contributed by atoms with van der Waals surface area (Å²) in [6.07, 6.45) is 3.44. The maximum Gasteiger partial charge on any atom is 0.263 e. The molecule has 2 amide bonds. The fourth-order valence-corrected chi connectivity index (χ4v) is 2.72. The number of unbranched alkanes of at least 4 members (excludes halogenated alkanes) is 1. The molecule has 0 fully saturated rings. The van der Waals surface area contributed by atoms with Gasteiger partial charge in [-0.2, -0.15) is 0 Å². The van der Waals surface area contributed by atoms with Gasteiger partial charge in [-0.3, -0.25) is 14.5 Å². The maximum atomic E-state index is 12.3. The fourth-order valence-electron chi connectivity index (χ4n) is 2.72. The summed E-state index contributed by atoms with van der Waals surface area (Å²) in [5.74, 6) is -0.477. The molecule has 0 atom stereocenters. The second-order valence-corrected chi connectivity index (χ2v) is 5.72. The van der Waals surface area contributed by atoms with Crippen molar-refractivity contribution in [2.24, 2.45) is 0 Å². The predicted octanol–water partition coefficient (Wildman–Crippen LogP) is 3.69. The van der Waals surface area contributed by atoms with Crippen LogP contribution in [0.4, 0.5) is 5.69 Å². The Morgan fingerprint density at radius 2 is 1.52 bits per heavy atom. The summed E-state index contributed by atoms with van der Waals surface area (Å²) in [7, 11) is 0. The van der Waals surface area contributed by atoms with Gasteiger partial charge in [0.15, 0.2) is 0 Å². The lowest BCUT2D eigenvalue weighted by Crippen LogP contribution is -2.34. The standard InChI is InChI=1S/C19H20N2O2/c1-2-3-6-14-9-11-15(12-10-14)20-13-21-18(22)16-7-4-5-8-17(16)19(21)23/h4-5,7-12,20H,2-3,6,13H2,1H3. The zero-order valence-corrected chi connectivity index (χ0v) is 13.2. The molecule has 1 N–H and O–H groups in total. The van der Waals surface area contributed by atoms with E-state index in [-0.39, 0.29) is 18.5 Å². The topological polar surface area (TPSA) is 49.4 Å². The van der Waals surface area contributed by atoms with Gasteiger partial charge >= 0.3 is 0 Å². The summed E-state index contributed by atoms with van der Waals surface area (Å²) in [6, 6.07) is 15.1. The Hall–Kier alpha value is -2.62. The minimum absolute atomic E-state index is 0.181. The molecule has 0 aromatic heterocycles. The van der Waals surface area contributed by atoms with Gasteiger partial charge in [0, 0.05) is 5.69 Å². The van der Waals surface area contributed by atoms with E-state index < -0.39 is 0 Å². The highest BCUT2D eigenvalue weighted by Crippen LogP contribution is 2.22. The van der Waals surface area contributed by atoms with Gasteiger partial charge in [-0.1, -0.05) is 37.6 Å². The number of nitrogens with zero attached hydrogens (tertiary/aromatic N) is 1. The largest absolute Gasteiger partial charge is 0.367 e. The number of anilines is 1. The number of aryl methyl sites for hydroxylation is 1. The van der Waals surface area contributed by atoms with E-state index in [0.717, 1.165) is 12.1 Å². The van der Waals surface area contributed by atoms with Crippen LogP contribution in [0.1, 0.15) is 46.0 Å². The lowest BCUT2D eigenvalue weighted by Gasteiger charge is -2.15. The van der Waals surface area contributed by atoms with E-state index in [2.05, 4.69) is 24.4 Å². The minimum atomic E-state index is -0.238. The smallest absolute Gasteiger partial charge is 0.263 e. The van der Waals surface area contributed by atoms with Gasteiger partial charge in [0.05, 0.1) is 17.8 Å². The number of benzene rings is 2. The molecule has 1 aliphatic heterocycles. The minimum Gasteiger partial charge on any atom is -0.367 e. The van der Waals surface area contributed by atoms with Gasteiger partial charge in [-0.25, -0.2) is 0 Å². The molecular formula is C19H20N2O2. The Bertz CT molecular complexity index is 687. The van der Waals surface area contributed by atoms with Crippen LogP contribution in [-0.2, 0) is 6.42 Å². The van der Waals surface area contributed by atoms with E-state index in [4.69, 9.17) is 0 Å². The van der Waals surface area contributed by atoms with Crippen molar-refractivity contribution in [3.63, 3.8) is 0 Å². The third-order valence-corrected chi connectivity index (χ3v) is 4.09. The second-order valence-electron chi connectivity index (χ2n) is 5.72. The molecule has 0 spiro atoms. The van der Waals surface area contributed by atoms with E-state index in [1.54, 1.807) is 24.3 Å². The average Bonchev–Trinajstić information content (AvgIpc) is 2.84. The normalized spacial score (nSPS) is 13.3. The first kappa shape index (κ1) is 15.3. The van der Waals surface area contributed by atoms with Crippen molar-refractivity contribution in [1.29, 1.82) is 0 Å². The van der Waals surface area contributed by atoms with Crippen LogP contribution >= 0.6 is 0 Å². The van der Waals surface area contributed by atoms with Gasteiger partial charge in [0.25, 0.3) is 11.8 Å². The number of fused-ring (bicyclic) bond motifs is 1. The van der Waals surface area contributed by atoms with Crippen molar-refractivity contribution in [3.8, 4) is 0 Å². The van der Waals surface area contributed by atoms with Crippen LogP contribution in [0.5, 0.6) is 0 Å². The molecule has 4 heteroatoms. The van der Waals surface area contributed by atoms with Crippen LogP contribution in [0.3, 0.4) is 0 Å². The van der Waals surface area contributed by atoms with Crippen molar-refractivity contribution in [2.45, 2.75) is 26.2 Å². The summed E-state index contributed by atoms with van der Waals surface area (Å²) in [6.45, 7) is 2.36. The molecule has 0 aliphatic carbocycles. The molecular weight excluding hydrogens is 288 g/mol. The first-order valence-electron chi connectivity index (χ1n) is 7.98. The molecule has 0 radical (unpaired) electrons. The van der Waals surface area contributed by atoms with Gasteiger partial charge in [0.2, 0.25) is 0 Å². The fraction of sp³-hybridized carbons (Fsp3) is 0.263. The Labute approximate surface area is 136 Å². The molecule has 1 heterocycles. The molecule has 0 saturated heterocycles. The summed E-state index contributed by atoms with van der Waals surface area (Å²) < 4.78 is 0. The number of imide groups is 1. The number of amides is 2. The molecule has 0 bridgehead atoms. The first-order chi connectivity index (χ1) is 11.2. The SMILES string of the molecule is CCCCc1ccc(NCN2C(=O)c3ccccc3C2=O)cc1. The van der Waals surface area contributed by atoms with Crippen molar-refractivity contribution in [1.82, 2.24) is 4.90 Å². The van der Waals surface area contributed by atoms with E-state index in [9.17, 15) is 9.59 Å². The molecule has 118 valence electrons. The lowest BCUT2D eigenvalue weighted by molar-refractivity contribution is 0.0666. The third-order valence-electron chi connectivity index (χ3n) is 4.09. The lowest BCUT2D eigenvalue weighted by atomic mass is 10.1. The molecule has 4 nitrogen and oxygen atoms in total. The van der Waals surface area contributed by atoms with Crippen LogP contribution in [0.25, 0.3) is 0 Å². The van der Waals surface area contributed by atoms with Crippen LogP contribution in [0.2, 0.25) is 0 Å².